The summed E-state index contributed by atoms with van der Waals surface area (Å²) in [6.07, 6.45) is 1.31. The lowest BCUT2D eigenvalue weighted by Gasteiger charge is -2.31. The van der Waals surface area contributed by atoms with Crippen LogP contribution in [0.1, 0.15) is 18.4 Å². The molecule has 1 unspecified atom stereocenters. The predicted octanol–water partition coefficient (Wildman–Crippen LogP) is 3.07. The zero-order valence-electron chi connectivity index (χ0n) is 15.6. The number of amides is 1. The molecule has 1 amide bonds. The van der Waals surface area contributed by atoms with Gasteiger partial charge < -0.3 is 10.1 Å². The third-order valence-corrected chi connectivity index (χ3v) is 6.96. The molecule has 2 aromatic rings. The van der Waals surface area contributed by atoms with E-state index in [0.717, 1.165) is 11.3 Å². The highest BCUT2D eigenvalue weighted by atomic mass is 35.5. The quantitative estimate of drug-likeness (QED) is 0.776. The fourth-order valence-corrected chi connectivity index (χ4v) is 4.86. The Bertz CT molecular complexity index is 914. The number of nitrogens with one attached hydrogen (secondary N) is 1. The Labute approximate surface area is 170 Å². The Morgan fingerprint density at radius 1 is 1.18 bits per heavy atom. The standard InChI is InChI=1S/C20H23ClN2O4S/c1-27-18-8-4-15(5-9-18)13-22-20(24)16-3-2-12-23(14-16)28(25,26)19-10-6-17(21)7-11-19/h4-11,16H,2-3,12-14H2,1H3,(H,22,24). The van der Waals surface area contributed by atoms with E-state index >= 15 is 0 Å². The number of hydrogen-bond acceptors (Lipinski definition) is 4. The molecule has 0 bridgehead atoms. The minimum atomic E-state index is -3.64. The van der Waals surface area contributed by atoms with Crippen LogP contribution in [-0.4, -0.2) is 38.8 Å². The molecule has 0 radical (unpaired) electrons. The van der Waals surface area contributed by atoms with Gasteiger partial charge in [-0.25, -0.2) is 8.42 Å². The van der Waals surface area contributed by atoms with Crippen LogP contribution >= 0.6 is 11.6 Å². The third-order valence-electron chi connectivity index (χ3n) is 4.83. The van der Waals surface area contributed by atoms with Gasteiger partial charge in [0.05, 0.1) is 17.9 Å². The number of halogens is 1. The Kier molecular flexibility index (Phi) is 6.59. The SMILES string of the molecule is COc1ccc(CNC(=O)C2CCCN(S(=O)(=O)c3ccc(Cl)cc3)C2)cc1. The molecule has 0 aliphatic carbocycles. The normalized spacial score (nSPS) is 17.9. The van der Waals surface area contributed by atoms with E-state index in [1.54, 1.807) is 19.2 Å². The van der Waals surface area contributed by atoms with Crippen LogP contribution in [0.4, 0.5) is 0 Å². The van der Waals surface area contributed by atoms with Gasteiger partial charge in [-0.05, 0) is 54.8 Å². The van der Waals surface area contributed by atoms with Crippen LogP contribution in [0.25, 0.3) is 0 Å². The summed E-state index contributed by atoms with van der Waals surface area (Å²) in [7, 11) is -2.04. The molecule has 1 saturated heterocycles. The molecule has 1 aliphatic heterocycles. The predicted molar refractivity (Wildman–Crippen MR) is 108 cm³/mol. The van der Waals surface area contributed by atoms with Gasteiger partial charge in [-0.2, -0.15) is 4.31 Å². The summed E-state index contributed by atoms with van der Waals surface area (Å²) in [5, 5.41) is 3.39. The smallest absolute Gasteiger partial charge is 0.243 e. The van der Waals surface area contributed by atoms with Crippen molar-refractivity contribution >= 4 is 27.5 Å². The maximum absolute atomic E-state index is 12.8. The third kappa shape index (κ3) is 4.84. The Hall–Kier alpha value is -2.09. The molecule has 1 fully saturated rings. The lowest BCUT2D eigenvalue weighted by atomic mass is 9.99. The largest absolute Gasteiger partial charge is 0.497 e. The number of sulfonamides is 1. The first kappa shape index (κ1) is 20.6. The van der Waals surface area contributed by atoms with Crippen molar-refractivity contribution in [2.24, 2.45) is 5.92 Å². The van der Waals surface area contributed by atoms with Crippen molar-refractivity contribution < 1.29 is 17.9 Å². The van der Waals surface area contributed by atoms with Crippen molar-refractivity contribution in [3.05, 3.63) is 59.1 Å². The highest BCUT2D eigenvalue weighted by molar-refractivity contribution is 7.89. The van der Waals surface area contributed by atoms with Crippen molar-refractivity contribution in [2.75, 3.05) is 20.2 Å². The zero-order chi connectivity index (χ0) is 20.1. The van der Waals surface area contributed by atoms with Gasteiger partial charge in [0.1, 0.15) is 5.75 Å². The molecule has 1 aliphatic rings. The van der Waals surface area contributed by atoms with Crippen molar-refractivity contribution in [3.8, 4) is 5.75 Å². The fourth-order valence-electron chi connectivity index (χ4n) is 3.21. The van der Waals surface area contributed by atoms with E-state index in [-0.39, 0.29) is 23.3 Å². The van der Waals surface area contributed by atoms with Crippen molar-refractivity contribution in [3.63, 3.8) is 0 Å². The van der Waals surface area contributed by atoms with E-state index in [1.165, 1.54) is 16.4 Å². The molecule has 0 aromatic heterocycles. The second-order valence-corrected chi connectivity index (χ2v) is 9.10. The molecule has 1 atom stereocenters. The van der Waals surface area contributed by atoms with Gasteiger partial charge in [0, 0.05) is 24.7 Å². The molecule has 150 valence electrons. The van der Waals surface area contributed by atoms with Gasteiger partial charge in [-0.1, -0.05) is 23.7 Å². The molecule has 1 N–H and O–H groups in total. The fraction of sp³-hybridized carbons (Fsp3) is 0.350. The molecule has 6 nitrogen and oxygen atoms in total. The molecular weight excluding hydrogens is 400 g/mol. The summed E-state index contributed by atoms with van der Waals surface area (Å²) in [5.41, 5.74) is 0.954. The lowest BCUT2D eigenvalue weighted by Crippen LogP contribution is -2.45. The Morgan fingerprint density at radius 3 is 2.50 bits per heavy atom. The summed E-state index contributed by atoms with van der Waals surface area (Å²) in [6, 6.07) is 13.5. The minimum Gasteiger partial charge on any atom is -0.497 e. The molecule has 0 saturated carbocycles. The van der Waals surface area contributed by atoms with E-state index in [0.29, 0.717) is 31.0 Å². The van der Waals surface area contributed by atoms with Gasteiger partial charge in [0.15, 0.2) is 0 Å². The number of ether oxygens (including phenoxy) is 1. The van der Waals surface area contributed by atoms with Crippen LogP contribution in [0, 0.1) is 5.92 Å². The number of carbonyl (C=O) groups excluding carboxylic acids is 1. The molecule has 3 rings (SSSR count). The van der Waals surface area contributed by atoms with Crippen LogP contribution in [0.5, 0.6) is 5.75 Å². The average Bonchev–Trinajstić information content (AvgIpc) is 2.72. The van der Waals surface area contributed by atoms with Crippen molar-refractivity contribution in [1.82, 2.24) is 9.62 Å². The van der Waals surface area contributed by atoms with Gasteiger partial charge in [-0.3, -0.25) is 4.79 Å². The maximum Gasteiger partial charge on any atom is 0.243 e. The van der Waals surface area contributed by atoms with Crippen LogP contribution < -0.4 is 10.1 Å². The first-order chi connectivity index (χ1) is 13.4. The molecule has 8 heteroatoms. The zero-order valence-corrected chi connectivity index (χ0v) is 17.2. The molecule has 1 heterocycles. The molecule has 28 heavy (non-hydrogen) atoms. The van der Waals surface area contributed by atoms with Gasteiger partial charge in [0.25, 0.3) is 0 Å². The number of hydrogen-bond donors (Lipinski definition) is 1. The van der Waals surface area contributed by atoms with Crippen molar-refractivity contribution in [1.29, 1.82) is 0 Å². The molecular formula is C20H23ClN2O4S. The minimum absolute atomic E-state index is 0.133. The van der Waals surface area contributed by atoms with E-state index in [4.69, 9.17) is 16.3 Å². The van der Waals surface area contributed by atoms with E-state index in [2.05, 4.69) is 5.32 Å². The second kappa shape index (κ2) is 8.94. The number of benzene rings is 2. The van der Waals surface area contributed by atoms with Crippen LogP contribution in [0.3, 0.4) is 0 Å². The maximum atomic E-state index is 12.8. The number of rotatable bonds is 6. The van der Waals surface area contributed by atoms with Gasteiger partial charge in [-0.15, -0.1) is 0 Å². The monoisotopic (exact) mass is 422 g/mol. The molecule has 0 spiro atoms. The van der Waals surface area contributed by atoms with Gasteiger partial charge in [0.2, 0.25) is 15.9 Å². The number of methoxy groups -OCH3 is 1. The Morgan fingerprint density at radius 2 is 1.86 bits per heavy atom. The van der Waals surface area contributed by atoms with Crippen LogP contribution in [0.15, 0.2) is 53.4 Å². The topological polar surface area (TPSA) is 75.7 Å². The Balaban J connectivity index is 1.61. The van der Waals surface area contributed by atoms with Crippen LogP contribution in [0.2, 0.25) is 5.02 Å². The summed E-state index contributed by atoms with van der Waals surface area (Å²) < 4.78 is 32.2. The summed E-state index contributed by atoms with van der Waals surface area (Å²) in [5.74, 6) is 0.256. The highest BCUT2D eigenvalue weighted by Crippen LogP contribution is 2.25. The first-order valence-corrected chi connectivity index (χ1v) is 10.9. The van der Waals surface area contributed by atoms with E-state index in [1.807, 2.05) is 24.3 Å². The average molecular weight is 423 g/mol. The number of nitrogens with zero attached hydrogens (tertiary/aromatic N) is 1. The summed E-state index contributed by atoms with van der Waals surface area (Å²) in [4.78, 5) is 12.8. The summed E-state index contributed by atoms with van der Waals surface area (Å²) >= 11 is 5.85. The molecule has 2 aromatic carbocycles. The lowest BCUT2D eigenvalue weighted by molar-refractivity contribution is -0.126. The van der Waals surface area contributed by atoms with E-state index in [9.17, 15) is 13.2 Å². The van der Waals surface area contributed by atoms with Gasteiger partial charge >= 0.3 is 0 Å². The first-order valence-electron chi connectivity index (χ1n) is 9.06. The second-order valence-electron chi connectivity index (χ2n) is 6.72. The highest BCUT2D eigenvalue weighted by Gasteiger charge is 2.33. The van der Waals surface area contributed by atoms with Crippen LogP contribution in [-0.2, 0) is 21.4 Å². The number of carbonyl (C=O) groups is 1. The van der Waals surface area contributed by atoms with E-state index < -0.39 is 10.0 Å². The number of piperidine rings is 1. The van der Waals surface area contributed by atoms with Crippen molar-refractivity contribution in [2.45, 2.75) is 24.3 Å². The summed E-state index contributed by atoms with van der Waals surface area (Å²) in [6.45, 7) is 0.982.